The minimum Gasteiger partial charge on any atom is -0.466 e. The van der Waals surface area contributed by atoms with Gasteiger partial charge in [-0.05, 0) is 35.9 Å². The summed E-state index contributed by atoms with van der Waals surface area (Å²) in [5.41, 5.74) is 8.01. The Balaban J connectivity index is 0.00000261. The van der Waals surface area contributed by atoms with E-state index >= 15 is 0 Å². The predicted octanol–water partition coefficient (Wildman–Crippen LogP) is 3.93. The van der Waals surface area contributed by atoms with Gasteiger partial charge in [0.1, 0.15) is 0 Å². The van der Waals surface area contributed by atoms with E-state index in [1.165, 1.54) is 18.9 Å². The van der Waals surface area contributed by atoms with Crippen molar-refractivity contribution in [3.63, 3.8) is 0 Å². The molecule has 142 valence electrons. The molecule has 8 heteroatoms. The lowest BCUT2D eigenvalue weighted by molar-refractivity contribution is -0.135. The molecule has 1 heterocycles. The molecule has 0 radical (unpaired) electrons. The van der Waals surface area contributed by atoms with Crippen LogP contribution in [0.3, 0.4) is 0 Å². The highest BCUT2D eigenvalue weighted by Gasteiger charge is 2.15. The number of nitrogens with two attached hydrogens (primary N) is 1. The summed E-state index contributed by atoms with van der Waals surface area (Å²) in [5, 5.41) is 0.372. The van der Waals surface area contributed by atoms with Gasteiger partial charge in [-0.25, -0.2) is 9.79 Å². The van der Waals surface area contributed by atoms with Gasteiger partial charge in [0.15, 0.2) is 16.7 Å². The van der Waals surface area contributed by atoms with Crippen molar-refractivity contribution in [3.8, 4) is 11.5 Å². The van der Waals surface area contributed by atoms with Crippen molar-refractivity contribution >= 4 is 51.6 Å². The van der Waals surface area contributed by atoms with E-state index < -0.39 is 5.97 Å². The van der Waals surface area contributed by atoms with E-state index in [9.17, 15) is 4.79 Å². The molecule has 2 aromatic carbocycles. The highest BCUT2D eigenvalue weighted by atomic mass is 79.9. The van der Waals surface area contributed by atoms with Crippen molar-refractivity contribution < 1.29 is 19.0 Å². The van der Waals surface area contributed by atoms with E-state index in [1.807, 2.05) is 42.5 Å². The molecule has 0 atom stereocenters. The third-order valence-electron chi connectivity index (χ3n) is 3.56. The van der Waals surface area contributed by atoms with Gasteiger partial charge in [-0.3, -0.25) is 0 Å². The van der Waals surface area contributed by atoms with Gasteiger partial charge in [-0.1, -0.05) is 36.0 Å². The zero-order chi connectivity index (χ0) is 18.4. The predicted molar refractivity (Wildman–Crippen MR) is 113 cm³/mol. The summed E-state index contributed by atoms with van der Waals surface area (Å²) in [6.45, 7) is 0.203. The summed E-state index contributed by atoms with van der Waals surface area (Å²) >= 11 is 1.27. The molecule has 27 heavy (non-hydrogen) atoms. The van der Waals surface area contributed by atoms with Crippen LogP contribution < -0.4 is 15.2 Å². The number of aliphatic imine (C=N–C) groups is 1. The number of fused-ring (bicyclic) bond motifs is 1. The van der Waals surface area contributed by atoms with E-state index in [-0.39, 0.29) is 23.8 Å². The molecule has 3 rings (SSSR count). The number of rotatable bonds is 5. The molecule has 0 saturated heterocycles. The molecule has 1 aliphatic rings. The Bertz CT molecular complexity index is 856. The molecule has 0 saturated carbocycles. The number of nitrogens with zero attached hydrogens (tertiary/aromatic N) is 1. The Labute approximate surface area is 172 Å². The van der Waals surface area contributed by atoms with Gasteiger partial charge in [0.25, 0.3) is 0 Å². The fraction of sp³-hybridized carbons (Fsp3) is 0.158. The molecular weight excluding hydrogens is 432 g/mol. The number of carbonyl (C=O) groups is 1. The first-order chi connectivity index (χ1) is 12.7. The van der Waals surface area contributed by atoms with Crippen LogP contribution in [0.1, 0.15) is 5.56 Å². The van der Waals surface area contributed by atoms with Crippen LogP contribution in [-0.2, 0) is 9.53 Å². The van der Waals surface area contributed by atoms with Crippen LogP contribution in [0.25, 0.3) is 6.08 Å². The molecule has 0 spiro atoms. The molecule has 0 aliphatic carbocycles. The average Bonchev–Trinajstić information content (AvgIpc) is 3.13. The highest BCUT2D eigenvalue weighted by molar-refractivity contribution is 8.93. The van der Waals surface area contributed by atoms with Crippen LogP contribution in [0.2, 0.25) is 0 Å². The zero-order valence-electron chi connectivity index (χ0n) is 14.6. The Morgan fingerprint density at radius 3 is 2.70 bits per heavy atom. The number of ether oxygens (including phenoxy) is 3. The number of hydrogen-bond donors (Lipinski definition) is 1. The summed E-state index contributed by atoms with van der Waals surface area (Å²) in [5.74, 6) is 1.27. The summed E-state index contributed by atoms with van der Waals surface area (Å²) < 4.78 is 15.5. The van der Waals surface area contributed by atoms with Crippen LogP contribution in [0.5, 0.6) is 11.5 Å². The Morgan fingerprint density at radius 1 is 1.22 bits per heavy atom. The summed E-state index contributed by atoms with van der Waals surface area (Å²) in [6.07, 6.45) is 1.75. The lowest BCUT2D eigenvalue weighted by Gasteiger charge is -2.06. The molecule has 2 N–H and O–H groups in total. The lowest BCUT2D eigenvalue weighted by Crippen LogP contribution is -2.12. The Hall–Kier alpha value is -2.45. The maximum atomic E-state index is 12.1. The normalized spacial score (nSPS) is 13.1. The second-order valence-corrected chi connectivity index (χ2v) is 6.34. The first-order valence-corrected chi connectivity index (χ1v) is 8.85. The first kappa shape index (κ1) is 20.9. The molecule has 0 unspecified atom stereocenters. The average molecular weight is 451 g/mol. The third-order valence-corrected chi connectivity index (χ3v) is 4.40. The van der Waals surface area contributed by atoms with Crippen molar-refractivity contribution in [2.45, 2.75) is 0 Å². The Morgan fingerprint density at radius 2 is 1.96 bits per heavy atom. The van der Waals surface area contributed by atoms with Crippen molar-refractivity contribution in [1.29, 1.82) is 0 Å². The molecule has 0 aromatic heterocycles. The van der Waals surface area contributed by atoms with Crippen LogP contribution in [0, 0.1) is 0 Å². The largest absolute Gasteiger partial charge is 0.466 e. The van der Waals surface area contributed by atoms with E-state index in [0.717, 1.165) is 11.3 Å². The molecule has 0 amide bonds. The Kier molecular flexibility index (Phi) is 7.75. The van der Waals surface area contributed by atoms with Crippen LogP contribution in [-0.4, -0.2) is 30.8 Å². The standard InChI is InChI=1S/C19H18N2O4S.BrH/c1-23-18(22)14(9-13-7-8-16-17(10-13)25-12-24-16)11-26-19(20)21-15-5-3-2-4-6-15;/h2-10H,11-12H2,1H3,(H2,20,21);1H/b14-9+;. The van der Waals surface area contributed by atoms with Gasteiger partial charge in [-0.15, -0.1) is 17.0 Å². The molecular formula is C19H19BrN2O4S. The lowest BCUT2D eigenvalue weighted by atomic mass is 10.1. The third kappa shape index (κ3) is 5.77. The highest BCUT2D eigenvalue weighted by Crippen LogP contribution is 2.33. The number of hydrogen-bond acceptors (Lipinski definition) is 6. The zero-order valence-corrected chi connectivity index (χ0v) is 17.1. The maximum absolute atomic E-state index is 12.1. The monoisotopic (exact) mass is 450 g/mol. The number of carbonyl (C=O) groups excluding carboxylic acids is 1. The first-order valence-electron chi connectivity index (χ1n) is 7.86. The second kappa shape index (κ2) is 10.0. The minimum atomic E-state index is -0.414. The number of methoxy groups -OCH3 is 1. The molecule has 2 aromatic rings. The summed E-state index contributed by atoms with van der Waals surface area (Å²) in [6, 6.07) is 14.9. The van der Waals surface area contributed by atoms with Crippen molar-refractivity contribution in [3.05, 3.63) is 59.7 Å². The van der Waals surface area contributed by atoms with Crippen molar-refractivity contribution in [1.82, 2.24) is 0 Å². The van der Waals surface area contributed by atoms with Crippen LogP contribution >= 0.6 is 28.7 Å². The number of benzene rings is 2. The van der Waals surface area contributed by atoms with Gasteiger partial charge < -0.3 is 19.9 Å². The van der Waals surface area contributed by atoms with E-state index in [0.29, 0.717) is 28.0 Å². The van der Waals surface area contributed by atoms with E-state index in [4.69, 9.17) is 19.9 Å². The summed E-state index contributed by atoms with van der Waals surface area (Å²) in [7, 11) is 1.35. The van der Waals surface area contributed by atoms with Gasteiger partial charge in [-0.2, -0.15) is 0 Å². The number of esters is 1. The minimum absolute atomic E-state index is 0. The van der Waals surface area contributed by atoms with Crippen molar-refractivity contribution in [2.75, 3.05) is 19.7 Å². The molecule has 1 aliphatic heterocycles. The van der Waals surface area contributed by atoms with E-state index in [2.05, 4.69) is 4.99 Å². The van der Waals surface area contributed by atoms with Crippen molar-refractivity contribution in [2.24, 2.45) is 10.7 Å². The number of thioether (sulfide) groups is 1. The fourth-order valence-corrected chi connectivity index (χ4v) is 2.98. The molecule has 6 nitrogen and oxygen atoms in total. The number of halogens is 1. The van der Waals surface area contributed by atoms with E-state index in [1.54, 1.807) is 12.1 Å². The van der Waals surface area contributed by atoms with Gasteiger partial charge in [0, 0.05) is 11.3 Å². The van der Waals surface area contributed by atoms with Gasteiger partial charge in [0.2, 0.25) is 6.79 Å². The quantitative estimate of drug-likeness (QED) is 0.321. The maximum Gasteiger partial charge on any atom is 0.334 e. The fourth-order valence-electron chi connectivity index (χ4n) is 2.31. The number of amidine groups is 1. The van der Waals surface area contributed by atoms with Gasteiger partial charge in [0.05, 0.1) is 12.8 Å². The SMILES string of the molecule is Br.COC(=O)/C(=C/c1ccc2c(c1)OCO2)CSC(N)=Nc1ccccc1. The molecule has 0 fully saturated rings. The molecule has 0 bridgehead atoms. The van der Waals surface area contributed by atoms with Crippen LogP contribution in [0.4, 0.5) is 5.69 Å². The van der Waals surface area contributed by atoms with Gasteiger partial charge >= 0.3 is 5.97 Å². The topological polar surface area (TPSA) is 83.1 Å². The second-order valence-electron chi connectivity index (χ2n) is 5.35. The van der Waals surface area contributed by atoms with Crippen LogP contribution in [0.15, 0.2) is 59.1 Å². The summed E-state index contributed by atoms with van der Waals surface area (Å²) in [4.78, 5) is 16.4. The number of para-hydroxylation sites is 1. The smallest absolute Gasteiger partial charge is 0.334 e.